The molecule has 0 saturated heterocycles. The average molecular weight is 248 g/mol. The molecule has 9 heteroatoms. The predicted octanol–water partition coefficient (Wildman–Crippen LogP) is 3.51. The van der Waals surface area contributed by atoms with Gasteiger partial charge >= 0.3 is 6.81 Å². The van der Waals surface area contributed by atoms with Gasteiger partial charge in [0.05, 0.1) is 0 Å². The first kappa shape index (κ1) is 11.3. The summed E-state index contributed by atoms with van der Waals surface area (Å²) in [7, 11) is 0.800. The lowest BCUT2D eigenvalue weighted by molar-refractivity contribution is 0.630. The van der Waals surface area contributed by atoms with E-state index in [1.165, 1.54) is 0 Å². The fourth-order valence-electron chi connectivity index (χ4n) is 0.121. The first-order chi connectivity index (χ1) is 4.15. The van der Waals surface area contributed by atoms with Crippen LogP contribution in [0.1, 0.15) is 0 Å². The molecule has 0 N–H and O–H groups in total. The minimum atomic E-state index is -4.77. The van der Waals surface area contributed by atoms with Gasteiger partial charge in [0.25, 0.3) is 5.85 Å². The van der Waals surface area contributed by atoms with E-state index < -0.39 is 12.7 Å². The van der Waals surface area contributed by atoms with E-state index in [1.54, 1.807) is 0 Å². The van der Waals surface area contributed by atoms with Crippen molar-refractivity contribution in [1.82, 2.24) is 4.44 Å². The Morgan fingerprint density at radius 2 is 1.60 bits per heavy atom. The summed E-state index contributed by atoms with van der Waals surface area (Å²) in [5.41, 5.74) is 0. The molecule has 0 saturated carbocycles. The fraction of sp³-hybridized carbons (Fsp3) is 1.00. The van der Waals surface area contributed by atoms with Crippen LogP contribution in [0.15, 0.2) is 0 Å². The van der Waals surface area contributed by atoms with Gasteiger partial charge in [0.15, 0.2) is 0 Å². The van der Waals surface area contributed by atoms with Crippen LogP contribution in [0.25, 0.3) is 0 Å². The minimum absolute atomic E-state index is 0.00772. The second kappa shape index (κ2) is 3.38. The van der Waals surface area contributed by atoms with Crippen molar-refractivity contribution >= 4 is 47.5 Å². The van der Waals surface area contributed by atoms with Crippen LogP contribution in [0.4, 0.5) is 12.6 Å². The van der Waals surface area contributed by atoms with Crippen molar-refractivity contribution in [2.45, 2.75) is 0 Å². The molecule has 0 aliphatic carbocycles. The van der Waals surface area contributed by atoms with Gasteiger partial charge in [-0.05, 0) is 34.9 Å². The van der Waals surface area contributed by atoms with Crippen LogP contribution in [0.3, 0.4) is 0 Å². The Labute approximate surface area is 71.8 Å². The molecule has 1 atom stereocenters. The smallest absolute Gasteiger partial charge is 0.182 e. The monoisotopic (exact) mass is 247 g/mol. The van der Waals surface area contributed by atoms with Crippen molar-refractivity contribution in [3.8, 4) is 0 Å². The molecule has 10 heavy (non-hydrogen) atoms. The first-order valence-electron chi connectivity index (χ1n) is 1.89. The highest BCUT2D eigenvalue weighted by Crippen LogP contribution is 2.71. The molecular weight excluding hydrogens is 245 g/mol. The summed E-state index contributed by atoms with van der Waals surface area (Å²) in [6, 6.07) is 0. The Morgan fingerprint density at radius 1 is 1.30 bits per heavy atom. The molecule has 1 unspecified atom stereocenters. The molecule has 0 aromatic rings. The zero-order valence-corrected chi connectivity index (χ0v) is 8.85. The lowest BCUT2D eigenvalue weighted by Gasteiger charge is -2.18. The third-order valence-electron chi connectivity index (χ3n) is 0.674. The molecule has 0 aliphatic rings. The highest BCUT2D eigenvalue weighted by Gasteiger charge is 2.32. The second-order valence-electron chi connectivity index (χ2n) is 1.36. The second-order valence-corrected chi connectivity index (χ2v) is 9.33. The maximum Gasteiger partial charge on any atom is 0.348 e. The average Bonchev–Trinajstić information content (AvgIpc) is 1.59. The third kappa shape index (κ3) is 3.65. The van der Waals surface area contributed by atoms with E-state index >= 15 is 0 Å². The summed E-state index contributed by atoms with van der Waals surface area (Å²) in [4.78, 5) is 0. The lowest BCUT2D eigenvalue weighted by Crippen LogP contribution is -1.99. The lowest BCUT2D eigenvalue weighted by atomic mass is 11.6. The quantitative estimate of drug-likeness (QED) is 0.688. The zero-order chi connectivity index (χ0) is 8.58. The van der Waals surface area contributed by atoms with Crippen LogP contribution in [0, 0.1) is 0 Å². The van der Waals surface area contributed by atoms with E-state index in [4.69, 9.17) is 11.2 Å². The van der Waals surface area contributed by atoms with Crippen LogP contribution >= 0.6 is 23.9 Å². The number of nitrogens with zero attached hydrogens (tertiary/aromatic N) is 1. The predicted molar refractivity (Wildman–Crippen MR) is 45.5 cm³/mol. The van der Waals surface area contributed by atoms with E-state index in [0.717, 1.165) is 7.05 Å². The molecular formula is CH3ClF3NP2S2. The van der Waals surface area contributed by atoms with Gasteiger partial charge in [-0.1, -0.05) is 0 Å². The van der Waals surface area contributed by atoms with Crippen molar-refractivity contribution < 1.29 is 12.6 Å². The van der Waals surface area contributed by atoms with Crippen molar-refractivity contribution in [2.24, 2.45) is 0 Å². The summed E-state index contributed by atoms with van der Waals surface area (Å²) in [5, 5.41) is 0. The highest BCUT2D eigenvalue weighted by molar-refractivity contribution is 8.27. The van der Waals surface area contributed by atoms with Crippen molar-refractivity contribution in [2.75, 3.05) is 7.05 Å². The molecule has 0 spiro atoms. The van der Waals surface area contributed by atoms with Crippen LogP contribution in [-0.4, -0.2) is 11.5 Å². The van der Waals surface area contributed by atoms with E-state index in [1.807, 2.05) is 0 Å². The normalized spacial score (nSPS) is 19.0. The van der Waals surface area contributed by atoms with Crippen LogP contribution in [-0.2, 0) is 23.6 Å². The Morgan fingerprint density at radius 3 is 1.60 bits per heavy atom. The molecule has 0 amide bonds. The molecule has 1 nitrogen and oxygen atoms in total. The van der Waals surface area contributed by atoms with Gasteiger partial charge < -0.3 is 0 Å². The summed E-state index contributed by atoms with van der Waals surface area (Å²) in [6.07, 6.45) is 0. The number of rotatable bonds is 2. The first-order valence-corrected chi connectivity index (χ1v) is 7.98. The standard InChI is InChI=1S/CH3ClF3NP2S2/c1-6(7(2,3)9)8(4,5)10/h1H3. The van der Waals surface area contributed by atoms with E-state index in [2.05, 4.69) is 23.6 Å². The Hall–Kier alpha value is 1.34. The largest absolute Gasteiger partial charge is 0.348 e. The van der Waals surface area contributed by atoms with Crippen molar-refractivity contribution in [3.05, 3.63) is 0 Å². The van der Waals surface area contributed by atoms with E-state index in [-0.39, 0.29) is 4.44 Å². The van der Waals surface area contributed by atoms with Gasteiger partial charge in [-0.25, -0.2) is 0 Å². The maximum atomic E-state index is 12.4. The summed E-state index contributed by atoms with van der Waals surface area (Å²) < 4.78 is 36.6. The van der Waals surface area contributed by atoms with Crippen molar-refractivity contribution in [3.63, 3.8) is 0 Å². The number of hydrogen-bond donors (Lipinski definition) is 0. The maximum absolute atomic E-state index is 12.4. The SMILES string of the molecule is CN(P(F)(F)=S)P(F)(=S)Cl. The third-order valence-corrected chi connectivity index (χ3v) is 6.63. The van der Waals surface area contributed by atoms with E-state index in [9.17, 15) is 12.6 Å². The van der Waals surface area contributed by atoms with Gasteiger partial charge in [-0.3, -0.25) is 0 Å². The van der Waals surface area contributed by atoms with Gasteiger partial charge in [-0.15, -0.1) is 0 Å². The van der Waals surface area contributed by atoms with Gasteiger partial charge in [-0.2, -0.15) is 17.0 Å². The fourth-order valence-corrected chi connectivity index (χ4v) is 4.36. The molecule has 0 aromatic heterocycles. The van der Waals surface area contributed by atoms with Gasteiger partial charge in [0.1, 0.15) is 0 Å². The zero-order valence-electron chi connectivity index (χ0n) is 4.67. The molecule has 0 rings (SSSR count). The topological polar surface area (TPSA) is 3.24 Å². The molecule has 0 aromatic carbocycles. The molecule has 0 bridgehead atoms. The molecule has 0 aliphatic heterocycles. The van der Waals surface area contributed by atoms with Gasteiger partial charge in [0.2, 0.25) is 0 Å². The van der Waals surface area contributed by atoms with Crippen LogP contribution < -0.4 is 0 Å². The molecule has 0 heterocycles. The number of halogens is 4. The summed E-state index contributed by atoms with van der Waals surface area (Å²) >= 11 is 12.5. The number of hydrogen-bond acceptors (Lipinski definition) is 2. The van der Waals surface area contributed by atoms with Gasteiger partial charge in [0, 0.05) is 7.05 Å². The Balaban J connectivity index is 4.56. The van der Waals surface area contributed by atoms with Crippen LogP contribution in [0.2, 0.25) is 0 Å². The highest BCUT2D eigenvalue weighted by atomic mass is 35.7. The Bertz CT molecular complexity index is 187. The Kier molecular flexibility index (Phi) is 3.83. The van der Waals surface area contributed by atoms with Crippen molar-refractivity contribution in [1.29, 1.82) is 0 Å². The minimum Gasteiger partial charge on any atom is -0.182 e. The summed E-state index contributed by atoms with van der Waals surface area (Å²) in [6.45, 7) is -4.77. The molecule has 0 fully saturated rings. The molecule has 62 valence electrons. The summed E-state index contributed by atoms with van der Waals surface area (Å²) in [5.74, 6) is -4.04. The van der Waals surface area contributed by atoms with E-state index in [0.29, 0.717) is 0 Å². The van der Waals surface area contributed by atoms with Crippen LogP contribution in [0.5, 0.6) is 0 Å². The molecule has 0 radical (unpaired) electrons.